The molecule has 4 aromatic rings. The Morgan fingerprint density at radius 2 is 1.70 bits per heavy atom. The number of amides is 2. The van der Waals surface area contributed by atoms with Gasteiger partial charge in [-0.05, 0) is 48.2 Å². The number of carbonyl (C=O) groups excluding carboxylic acids is 1. The van der Waals surface area contributed by atoms with Crippen molar-refractivity contribution in [1.29, 1.82) is 0 Å². The molecule has 2 amide bonds. The molecule has 0 atom stereocenters. The second-order valence-electron chi connectivity index (χ2n) is 7.46. The van der Waals surface area contributed by atoms with Crippen LogP contribution >= 0.6 is 23.4 Å². The van der Waals surface area contributed by atoms with Gasteiger partial charge in [0, 0.05) is 21.7 Å². The smallest absolute Gasteiger partial charge is 0.417 e. The van der Waals surface area contributed by atoms with Crippen LogP contribution in [0.5, 0.6) is 11.8 Å². The molecule has 2 heterocycles. The van der Waals surface area contributed by atoms with Crippen LogP contribution < -0.4 is 21.1 Å². The number of ether oxygens (including phenoxy) is 1. The second kappa shape index (κ2) is 10.9. The minimum Gasteiger partial charge on any atom is -0.424 e. The van der Waals surface area contributed by atoms with Crippen LogP contribution in [0.15, 0.2) is 72.0 Å². The van der Waals surface area contributed by atoms with E-state index in [1.165, 1.54) is 36.3 Å². The molecular formula is C24H18ClF3N6O2S. The van der Waals surface area contributed by atoms with Gasteiger partial charge in [0.1, 0.15) is 11.6 Å². The molecule has 0 aliphatic rings. The quantitative estimate of drug-likeness (QED) is 0.224. The molecule has 8 nitrogen and oxygen atoms in total. The number of nitrogens with one attached hydrogen (secondary N) is 2. The van der Waals surface area contributed by atoms with Crippen molar-refractivity contribution in [3.05, 3.63) is 77.7 Å². The van der Waals surface area contributed by atoms with Crippen molar-refractivity contribution >= 4 is 46.6 Å². The Hall–Kier alpha value is -4.03. The summed E-state index contributed by atoms with van der Waals surface area (Å²) in [4.78, 5) is 25.0. The number of hydrogen-bond donors (Lipinski definition) is 3. The highest BCUT2D eigenvalue weighted by atomic mass is 35.5. The molecule has 4 rings (SSSR count). The molecule has 2 aromatic carbocycles. The van der Waals surface area contributed by atoms with Crippen LogP contribution in [-0.4, -0.2) is 27.2 Å². The molecule has 0 fully saturated rings. The molecular weight excluding hydrogens is 529 g/mol. The predicted octanol–water partition coefficient (Wildman–Crippen LogP) is 6.95. The van der Waals surface area contributed by atoms with E-state index in [0.717, 1.165) is 11.0 Å². The van der Waals surface area contributed by atoms with Gasteiger partial charge in [0.15, 0.2) is 0 Å². The number of aromatic nitrogens is 3. The van der Waals surface area contributed by atoms with E-state index in [4.69, 9.17) is 22.1 Å². The average Bonchev–Trinajstić information content (AvgIpc) is 2.85. The number of halogens is 4. The van der Waals surface area contributed by atoms with Gasteiger partial charge >= 0.3 is 18.2 Å². The number of rotatable bonds is 6. The van der Waals surface area contributed by atoms with Gasteiger partial charge in [0.25, 0.3) is 0 Å². The highest BCUT2D eigenvalue weighted by Crippen LogP contribution is 2.34. The zero-order valence-corrected chi connectivity index (χ0v) is 20.6. The number of anilines is 3. The first-order valence-electron chi connectivity index (χ1n) is 10.5. The van der Waals surface area contributed by atoms with Gasteiger partial charge in [-0.15, -0.1) is 11.8 Å². The summed E-state index contributed by atoms with van der Waals surface area (Å²) < 4.78 is 44.6. The minimum absolute atomic E-state index is 0.00142. The average molecular weight is 547 g/mol. The zero-order valence-electron chi connectivity index (χ0n) is 19.0. The SMILES string of the molecule is CSc1ccc(Cl)cc1NC(=O)Nc1cnc(Oc2ccc(-c3cc(C(F)(F)F)cnc3N)cc2)nc1. The van der Waals surface area contributed by atoms with E-state index < -0.39 is 17.8 Å². The summed E-state index contributed by atoms with van der Waals surface area (Å²) in [5.74, 6) is 0.309. The third-order valence-electron chi connectivity index (χ3n) is 4.92. The summed E-state index contributed by atoms with van der Waals surface area (Å²) in [5, 5.41) is 5.83. The summed E-state index contributed by atoms with van der Waals surface area (Å²) in [6.45, 7) is 0. The van der Waals surface area contributed by atoms with Gasteiger partial charge in [0.2, 0.25) is 0 Å². The molecule has 0 radical (unpaired) electrons. The molecule has 0 saturated heterocycles. The molecule has 190 valence electrons. The van der Waals surface area contributed by atoms with Gasteiger partial charge in [-0.1, -0.05) is 23.7 Å². The van der Waals surface area contributed by atoms with E-state index in [-0.39, 0.29) is 17.4 Å². The zero-order chi connectivity index (χ0) is 26.6. The van der Waals surface area contributed by atoms with Crippen LogP contribution in [0.25, 0.3) is 11.1 Å². The fourth-order valence-electron chi connectivity index (χ4n) is 3.17. The molecule has 2 aromatic heterocycles. The number of hydrogen-bond acceptors (Lipinski definition) is 7. The molecule has 37 heavy (non-hydrogen) atoms. The van der Waals surface area contributed by atoms with E-state index in [0.29, 0.717) is 33.9 Å². The van der Waals surface area contributed by atoms with E-state index >= 15 is 0 Å². The number of urea groups is 1. The lowest BCUT2D eigenvalue weighted by molar-refractivity contribution is -0.137. The van der Waals surface area contributed by atoms with Gasteiger partial charge in [-0.25, -0.2) is 19.7 Å². The van der Waals surface area contributed by atoms with E-state index in [9.17, 15) is 18.0 Å². The lowest BCUT2D eigenvalue weighted by atomic mass is 10.0. The maximum absolute atomic E-state index is 13.0. The summed E-state index contributed by atoms with van der Waals surface area (Å²) >= 11 is 7.47. The standard InChI is InChI=1S/C24H18ClF3N6O2S/c1-37-20-7-4-15(25)9-19(20)34-22(35)33-16-11-31-23(32-12-16)36-17-5-2-13(3-6-17)18-8-14(24(26,27)28)10-30-21(18)29/h2-12H,1H3,(H2,29,30)(H2,33,34,35). The number of carbonyl (C=O) groups is 1. The minimum atomic E-state index is -4.54. The number of nitrogens with zero attached hydrogens (tertiary/aromatic N) is 3. The first kappa shape index (κ1) is 26.0. The number of nitrogens with two attached hydrogens (primary N) is 1. The first-order valence-corrected chi connectivity index (χ1v) is 12.1. The highest BCUT2D eigenvalue weighted by Gasteiger charge is 2.31. The number of nitrogen functional groups attached to an aromatic ring is 1. The molecule has 4 N–H and O–H groups in total. The number of alkyl halides is 3. The van der Waals surface area contributed by atoms with Crippen LogP contribution in [-0.2, 0) is 6.18 Å². The molecule has 0 saturated carbocycles. The van der Waals surface area contributed by atoms with Gasteiger partial charge in [-0.2, -0.15) is 13.2 Å². The predicted molar refractivity (Wildman–Crippen MR) is 137 cm³/mol. The Kier molecular flexibility index (Phi) is 7.69. The third-order valence-corrected chi connectivity index (χ3v) is 5.95. The molecule has 0 aliphatic heterocycles. The fourth-order valence-corrected chi connectivity index (χ4v) is 3.87. The van der Waals surface area contributed by atoms with Gasteiger partial charge < -0.3 is 21.1 Å². The van der Waals surface area contributed by atoms with Crippen LogP contribution in [0.2, 0.25) is 5.02 Å². The fraction of sp³-hybridized carbons (Fsp3) is 0.0833. The Morgan fingerprint density at radius 3 is 2.35 bits per heavy atom. The van der Waals surface area contributed by atoms with Crippen molar-refractivity contribution in [3.63, 3.8) is 0 Å². The molecule has 0 bridgehead atoms. The molecule has 0 aliphatic carbocycles. The Labute approximate surface area is 218 Å². The largest absolute Gasteiger partial charge is 0.424 e. The normalized spacial score (nSPS) is 11.2. The van der Waals surface area contributed by atoms with Crippen molar-refractivity contribution in [2.45, 2.75) is 11.1 Å². The summed E-state index contributed by atoms with van der Waals surface area (Å²) in [5.41, 5.74) is 6.33. The highest BCUT2D eigenvalue weighted by molar-refractivity contribution is 7.98. The van der Waals surface area contributed by atoms with Crippen LogP contribution in [0.4, 0.5) is 35.2 Å². The van der Waals surface area contributed by atoms with Crippen molar-refractivity contribution < 1.29 is 22.7 Å². The van der Waals surface area contributed by atoms with E-state index in [2.05, 4.69) is 25.6 Å². The van der Waals surface area contributed by atoms with Crippen molar-refractivity contribution in [2.24, 2.45) is 0 Å². The lowest BCUT2D eigenvalue weighted by Crippen LogP contribution is -2.20. The first-order chi connectivity index (χ1) is 17.6. The molecule has 13 heteroatoms. The van der Waals surface area contributed by atoms with Gasteiger partial charge in [-0.3, -0.25) is 0 Å². The molecule has 0 unspecified atom stereocenters. The third kappa shape index (κ3) is 6.60. The van der Waals surface area contributed by atoms with Crippen LogP contribution in [0.1, 0.15) is 5.56 Å². The topological polar surface area (TPSA) is 115 Å². The second-order valence-corrected chi connectivity index (χ2v) is 8.74. The summed E-state index contributed by atoms with van der Waals surface area (Å²) in [6.07, 6.45) is 0.751. The van der Waals surface area contributed by atoms with Crippen LogP contribution in [0.3, 0.4) is 0 Å². The Bertz CT molecular complexity index is 1420. The van der Waals surface area contributed by atoms with Crippen molar-refractivity contribution in [1.82, 2.24) is 15.0 Å². The van der Waals surface area contributed by atoms with Crippen molar-refractivity contribution in [2.75, 3.05) is 22.6 Å². The lowest BCUT2D eigenvalue weighted by Gasteiger charge is -2.12. The molecule has 0 spiro atoms. The summed E-state index contributed by atoms with van der Waals surface area (Å²) in [6, 6.07) is 11.8. The Balaban J connectivity index is 1.39. The Morgan fingerprint density at radius 1 is 1.00 bits per heavy atom. The van der Waals surface area contributed by atoms with E-state index in [1.807, 2.05) is 6.26 Å². The van der Waals surface area contributed by atoms with E-state index in [1.54, 1.807) is 30.3 Å². The number of thioether (sulfide) groups is 1. The maximum Gasteiger partial charge on any atom is 0.417 e. The number of benzene rings is 2. The van der Waals surface area contributed by atoms with Crippen molar-refractivity contribution in [3.8, 4) is 22.9 Å². The summed E-state index contributed by atoms with van der Waals surface area (Å²) in [7, 11) is 0. The van der Waals surface area contributed by atoms with Crippen LogP contribution in [0, 0.1) is 0 Å². The van der Waals surface area contributed by atoms with Gasteiger partial charge in [0.05, 0.1) is 29.3 Å². The number of pyridine rings is 1. The monoisotopic (exact) mass is 546 g/mol. The maximum atomic E-state index is 13.0.